The molecule has 0 spiro atoms. The fraction of sp³-hybridized carbons (Fsp3) is 0.818. The third kappa shape index (κ3) is 11.5. The van der Waals surface area contributed by atoms with Gasteiger partial charge in [-0.1, -0.05) is 45.4 Å². The van der Waals surface area contributed by atoms with Gasteiger partial charge in [0.2, 0.25) is 0 Å². The minimum absolute atomic E-state index is 0.336. The van der Waals surface area contributed by atoms with Crippen LogP contribution in [0.2, 0.25) is 0 Å². The summed E-state index contributed by atoms with van der Waals surface area (Å²) >= 11 is 0. The lowest BCUT2D eigenvalue weighted by atomic mass is 10.1. The van der Waals surface area contributed by atoms with Crippen LogP contribution in [0.15, 0.2) is 0 Å². The second-order valence-corrected chi connectivity index (χ2v) is 3.46. The van der Waals surface area contributed by atoms with E-state index in [4.69, 9.17) is 5.11 Å². The Hall–Kier alpha value is -0.530. The molecule has 0 aromatic heterocycles. The summed E-state index contributed by atoms with van der Waals surface area (Å²) in [4.78, 5) is 10.2. The highest BCUT2D eigenvalue weighted by molar-refractivity contribution is 5.66. The first kappa shape index (κ1) is 12.5. The van der Waals surface area contributed by atoms with E-state index in [1.807, 2.05) is 0 Å². The van der Waals surface area contributed by atoms with Gasteiger partial charge in [0.1, 0.15) is 0 Å². The molecule has 0 aliphatic carbocycles. The maximum absolute atomic E-state index is 10.2. The predicted octanol–water partition coefficient (Wildman–Crippen LogP) is 3.42. The van der Waals surface area contributed by atoms with Crippen molar-refractivity contribution in [2.45, 2.75) is 58.3 Å². The molecule has 2 nitrogen and oxygen atoms in total. The van der Waals surface area contributed by atoms with Crippen molar-refractivity contribution in [2.75, 3.05) is 0 Å². The van der Waals surface area contributed by atoms with Crippen LogP contribution in [0, 0.1) is 6.42 Å². The number of aliphatic carboxylic acids is 1. The zero-order valence-electron chi connectivity index (χ0n) is 8.59. The monoisotopic (exact) mass is 185 g/mol. The number of carboxylic acids is 1. The maximum atomic E-state index is 10.2. The van der Waals surface area contributed by atoms with Gasteiger partial charge in [-0.05, 0) is 12.8 Å². The highest BCUT2D eigenvalue weighted by Crippen LogP contribution is 2.08. The molecule has 0 saturated heterocycles. The Morgan fingerprint density at radius 3 is 2.15 bits per heavy atom. The third-order valence-electron chi connectivity index (χ3n) is 2.13. The molecule has 0 aliphatic rings. The van der Waals surface area contributed by atoms with E-state index >= 15 is 0 Å². The molecule has 0 aromatic carbocycles. The fourth-order valence-corrected chi connectivity index (χ4v) is 1.33. The van der Waals surface area contributed by atoms with Gasteiger partial charge in [0.05, 0.1) is 0 Å². The molecule has 0 bridgehead atoms. The summed E-state index contributed by atoms with van der Waals surface area (Å²) in [5, 5.41) is 8.38. The largest absolute Gasteiger partial charge is 0.481 e. The van der Waals surface area contributed by atoms with Gasteiger partial charge in [0.15, 0.2) is 0 Å². The average molecular weight is 185 g/mol. The van der Waals surface area contributed by atoms with Crippen molar-refractivity contribution in [3.63, 3.8) is 0 Å². The van der Waals surface area contributed by atoms with E-state index in [1.165, 1.54) is 32.1 Å². The average Bonchev–Trinajstić information content (AvgIpc) is 2.09. The smallest absolute Gasteiger partial charge is 0.303 e. The van der Waals surface area contributed by atoms with E-state index in [2.05, 4.69) is 13.3 Å². The van der Waals surface area contributed by atoms with Crippen LogP contribution in [0.3, 0.4) is 0 Å². The van der Waals surface area contributed by atoms with Crippen molar-refractivity contribution < 1.29 is 9.90 Å². The number of unbranched alkanes of at least 4 members (excludes halogenated alkanes) is 7. The first-order valence-corrected chi connectivity index (χ1v) is 5.27. The van der Waals surface area contributed by atoms with Crippen molar-refractivity contribution >= 4 is 5.97 Å². The lowest BCUT2D eigenvalue weighted by Crippen LogP contribution is -1.93. The Balaban J connectivity index is 2.87. The van der Waals surface area contributed by atoms with Crippen molar-refractivity contribution in [3.05, 3.63) is 6.42 Å². The first-order valence-electron chi connectivity index (χ1n) is 5.27. The molecular formula is C11H21O2. The second-order valence-electron chi connectivity index (χ2n) is 3.46. The number of hydrogen-bond acceptors (Lipinski definition) is 1. The van der Waals surface area contributed by atoms with Crippen LogP contribution >= 0.6 is 0 Å². The standard InChI is InChI=1S/C11H21O2/c1-2-3-4-5-6-7-8-9-10-11(12)13/h2H,3-10H2,1H3,(H,12,13). The molecule has 0 aromatic rings. The molecule has 0 atom stereocenters. The van der Waals surface area contributed by atoms with E-state index in [0.29, 0.717) is 6.42 Å². The molecule has 0 fully saturated rings. The molecule has 0 aliphatic heterocycles. The highest BCUT2D eigenvalue weighted by atomic mass is 16.4. The Morgan fingerprint density at radius 2 is 1.62 bits per heavy atom. The van der Waals surface area contributed by atoms with Crippen LogP contribution in [-0.4, -0.2) is 11.1 Å². The number of carbonyl (C=O) groups is 1. The number of hydrogen-bond donors (Lipinski definition) is 1. The van der Waals surface area contributed by atoms with E-state index in [9.17, 15) is 4.79 Å². The molecule has 77 valence electrons. The van der Waals surface area contributed by atoms with E-state index in [-0.39, 0.29) is 0 Å². The molecule has 0 saturated carbocycles. The summed E-state index contributed by atoms with van der Waals surface area (Å²) in [6.07, 6.45) is 10.7. The Labute approximate surface area is 81.3 Å². The minimum atomic E-state index is -0.666. The molecule has 0 heterocycles. The maximum Gasteiger partial charge on any atom is 0.303 e. The molecule has 0 rings (SSSR count). The highest BCUT2D eigenvalue weighted by Gasteiger charge is 1.95. The van der Waals surface area contributed by atoms with Crippen molar-refractivity contribution in [2.24, 2.45) is 0 Å². The summed E-state index contributed by atoms with van der Waals surface area (Å²) in [5.41, 5.74) is 0. The minimum Gasteiger partial charge on any atom is -0.481 e. The molecular weight excluding hydrogens is 164 g/mol. The summed E-state index contributed by atoms with van der Waals surface area (Å²) in [5.74, 6) is -0.666. The molecule has 2 heteroatoms. The van der Waals surface area contributed by atoms with Gasteiger partial charge < -0.3 is 5.11 Å². The quantitative estimate of drug-likeness (QED) is 0.559. The van der Waals surface area contributed by atoms with Gasteiger partial charge in [-0.3, -0.25) is 4.79 Å². The number of rotatable bonds is 9. The van der Waals surface area contributed by atoms with Gasteiger partial charge in [0.25, 0.3) is 0 Å². The summed E-state index contributed by atoms with van der Waals surface area (Å²) in [6, 6.07) is 0. The van der Waals surface area contributed by atoms with Crippen LogP contribution in [0.1, 0.15) is 58.3 Å². The van der Waals surface area contributed by atoms with Gasteiger partial charge in [-0.25, -0.2) is 0 Å². The van der Waals surface area contributed by atoms with Gasteiger partial charge >= 0.3 is 5.97 Å². The molecule has 0 unspecified atom stereocenters. The van der Waals surface area contributed by atoms with Crippen LogP contribution in [0.25, 0.3) is 0 Å². The Morgan fingerprint density at radius 1 is 1.08 bits per heavy atom. The topological polar surface area (TPSA) is 37.3 Å². The second kappa shape index (κ2) is 9.56. The zero-order valence-corrected chi connectivity index (χ0v) is 8.59. The van der Waals surface area contributed by atoms with Crippen LogP contribution in [-0.2, 0) is 4.79 Å². The first-order chi connectivity index (χ1) is 6.27. The normalized spacial score (nSPS) is 10.2. The molecule has 13 heavy (non-hydrogen) atoms. The van der Waals surface area contributed by atoms with E-state index in [1.54, 1.807) is 0 Å². The van der Waals surface area contributed by atoms with Gasteiger partial charge in [0, 0.05) is 6.42 Å². The van der Waals surface area contributed by atoms with Crippen LogP contribution in [0.4, 0.5) is 0 Å². The molecule has 1 radical (unpaired) electrons. The Bertz CT molecular complexity index is 121. The predicted molar refractivity (Wildman–Crippen MR) is 54.5 cm³/mol. The van der Waals surface area contributed by atoms with Crippen molar-refractivity contribution in [1.29, 1.82) is 0 Å². The van der Waals surface area contributed by atoms with E-state index < -0.39 is 5.97 Å². The van der Waals surface area contributed by atoms with Crippen LogP contribution in [0.5, 0.6) is 0 Å². The zero-order chi connectivity index (χ0) is 9.94. The van der Waals surface area contributed by atoms with Gasteiger partial charge in [-0.2, -0.15) is 0 Å². The summed E-state index contributed by atoms with van der Waals surface area (Å²) in [7, 11) is 0. The third-order valence-corrected chi connectivity index (χ3v) is 2.13. The van der Waals surface area contributed by atoms with Crippen molar-refractivity contribution in [3.8, 4) is 0 Å². The SMILES string of the molecule is C[CH]CCCCCCCCC(=O)O. The van der Waals surface area contributed by atoms with E-state index in [0.717, 1.165) is 12.8 Å². The Kier molecular flexibility index (Phi) is 9.17. The van der Waals surface area contributed by atoms with Crippen molar-refractivity contribution in [1.82, 2.24) is 0 Å². The van der Waals surface area contributed by atoms with Gasteiger partial charge in [-0.15, -0.1) is 0 Å². The summed E-state index contributed by atoms with van der Waals surface area (Å²) < 4.78 is 0. The molecule has 0 amide bonds. The summed E-state index contributed by atoms with van der Waals surface area (Å²) in [6.45, 7) is 2.09. The lowest BCUT2D eigenvalue weighted by Gasteiger charge is -1.99. The fourth-order valence-electron chi connectivity index (χ4n) is 1.33. The number of carboxylic acid groups (broad SMARTS) is 1. The molecule has 1 N–H and O–H groups in total. The lowest BCUT2D eigenvalue weighted by molar-refractivity contribution is -0.137. The van der Waals surface area contributed by atoms with Crippen LogP contribution < -0.4 is 0 Å².